The second kappa shape index (κ2) is 6.67. The van der Waals surface area contributed by atoms with Gasteiger partial charge >= 0.3 is 5.97 Å². The number of carbonyl (C=O) groups excluding carboxylic acids is 1. The van der Waals surface area contributed by atoms with Crippen LogP contribution in [0, 0.1) is 5.92 Å². The lowest BCUT2D eigenvalue weighted by atomic mass is 9.95. The fourth-order valence-corrected chi connectivity index (χ4v) is 5.16. The average Bonchev–Trinajstić information content (AvgIpc) is 3.00. The Morgan fingerprint density at radius 1 is 1.33 bits per heavy atom. The molecule has 1 atom stereocenters. The fraction of sp³-hybridized carbons (Fsp3) is 0.611. The summed E-state index contributed by atoms with van der Waals surface area (Å²) in [5.41, 5.74) is 1.45. The zero-order chi connectivity index (χ0) is 16.5. The van der Waals surface area contributed by atoms with Crippen LogP contribution in [0.5, 0.6) is 0 Å². The third-order valence-corrected chi connectivity index (χ3v) is 6.27. The number of fused-ring (bicyclic) bond motifs is 3. The van der Waals surface area contributed by atoms with Crippen LogP contribution in [-0.4, -0.2) is 35.6 Å². The normalized spacial score (nSPS) is 20.9. The highest BCUT2D eigenvalue weighted by Crippen LogP contribution is 2.40. The molecule has 2 aliphatic rings. The third-order valence-electron chi connectivity index (χ3n) is 5.07. The molecule has 1 aliphatic carbocycles. The first-order chi connectivity index (χ1) is 11.8. The second-order valence-corrected chi connectivity index (χ2v) is 7.71. The Hall–Kier alpha value is -1.69. The van der Waals surface area contributed by atoms with Gasteiger partial charge in [-0.3, -0.25) is 4.79 Å². The Morgan fingerprint density at radius 2 is 2.21 bits per heavy atom. The third kappa shape index (κ3) is 2.77. The highest BCUT2D eigenvalue weighted by atomic mass is 32.1. The van der Waals surface area contributed by atoms with Gasteiger partial charge in [-0.05, 0) is 51.0 Å². The monoisotopic (exact) mass is 345 g/mol. The molecule has 2 aromatic heterocycles. The SMILES string of the molecule is CCOC(=O)[C@H]1CCCN(c2ncnc3sc4c(c23)CCCC4)C1. The van der Waals surface area contributed by atoms with Crippen molar-refractivity contribution in [3.05, 3.63) is 16.8 Å². The van der Waals surface area contributed by atoms with E-state index in [2.05, 4.69) is 14.9 Å². The summed E-state index contributed by atoms with van der Waals surface area (Å²) in [5.74, 6) is 0.909. The van der Waals surface area contributed by atoms with E-state index in [1.165, 1.54) is 35.1 Å². The minimum Gasteiger partial charge on any atom is -0.466 e. The quantitative estimate of drug-likeness (QED) is 0.799. The number of rotatable bonds is 3. The number of aromatic nitrogens is 2. The minimum absolute atomic E-state index is 0.0434. The Balaban J connectivity index is 1.68. The van der Waals surface area contributed by atoms with Crippen LogP contribution in [0.1, 0.15) is 43.0 Å². The van der Waals surface area contributed by atoms with Crippen LogP contribution in [0.25, 0.3) is 10.2 Å². The number of anilines is 1. The van der Waals surface area contributed by atoms with Gasteiger partial charge in [0.2, 0.25) is 0 Å². The molecular formula is C18H23N3O2S. The summed E-state index contributed by atoms with van der Waals surface area (Å²) < 4.78 is 5.23. The van der Waals surface area contributed by atoms with E-state index in [0.717, 1.165) is 36.5 Å². The number of aryl methyl sites for hydroxylation is 2. The van der Waals surface area contributed by atoms with Crippen LogP contribution < -0.4 is 4.90 Å². The summed E-state index contributed by atoms with van der Waals surface area (Å²) in [4.78, 5) is 26.1. The first-order valence-electron chi connectivity index (χ1n) is 8.94. The molecule has 2 aromatic rings. The fourth-order valence-electron chi connectivity index (χ4n) is 3.94. The predicted octanol–water partition coefficient (Wildman–Crippen LogP) is 3.35. The topological polar surface area (TPSA) is 55.3 Å². The lowest BCUT2D eigenvalue weighted by Gasteiger charge is -2.33. The molecule has 1 saturated heterocycles. The van der Waals surface area contributed by atoms with Crippen molar-refractivity contribution in [2.75, 3.05) is 24.6 Å². The molecule has 0 saturated carbocycles. The van der Waals surface area contributed by atoms with E-state index in [9.17, 15) is 4.79 Å². The number of esters is 1. The van der Waals surface area contributed by atoms with Gasteiger partial charge in [0.15, 0.2) is 0 Å². The molecule has 3 heterocycles. The van der Waals surface area contributed by atoms with Gasteiger partial charge in [0.05, 0.1) is 17.9 Å². The summed E-state index contributed by atoms with van der Waals surface area (Å²) in [6.45, 7) is 3.97. The Bertz CT molecular complexity index is 758. The summed E-state index contributed by atoms with van der Waals surface area (Å²) in [6.07, 6.45) is 8.40. The summed E-state index contributed by atoms with van der Waals surface area (Å²) in [7, 11) is 0. The van der Waals surface area contributed by atoms with Crippen molar-refractivity contribution < 1.29 is 9.53 Å². The van der Waals surface area contributed by atoms with Gasteiger partial charge in [0, 0.05) is 18.0 Å². The first-order valence-corrected chi connectivity index (χ1v) is 9.76. The van der Waals surface area contributed by atoms with Gasteiger partial charge in [0.1, 0.15) is 17.0 Å². The number of piperidine rings is 1. The zero-order valence-corrected chi connectivity index (χ0v) is 14.9. The molecule has 0 bridgehead atoms. The second-order valence-electron chi connectivity index (χ2n) is 6.63. The zero-order valence-electron chi connectivity index (χ0n) is 14.1. The summed E-state index contributed by atoms with van der Waals surface area (Å²) >= 11 is 1.82. The number of carbonyl (C=O) groups is 1. The molecular weight excluding hydrogens is 322 g/mol. The van der Waals surface area contributed by atoms with E-state index >= 15 is 0 Å². The van der Waals surface area contributed by atoms with Crippen molar-refractivity contribution in [2.45, 2.75) is 45.4 Å². The van der Waals surface area contributed by atoms with Crippen LogP contribution in [-0.2, 0) is 22.4 Å². The van der Waals surface area contributed by atoms with E-state index in [0.29, 0.717) is 13.2 Å². The maximum Gasteiger partial charge on any atom is 0.310 e. The highest BCUT2D eigenvalue weighted by Gasteiger charge is 2.30. The average molecular weight is 345 g/mol. The predicted molar refractivity (Wildman–Crippen MR) is 95.6 cm³/mol. The van der Waals surface area contributed by atoms with Gasteiger partial charge < -0.3 is 9.64 Å². The van der Waals surface area contributed by atoms with Gasteiger partial charge in [0.25, 0.3) is 0 Å². The Labute approximate surface area is 146 Å². The van der Waals surface area contributed by atoms with Crippen LogP contribution in [0.15, 0.2) is 6.33 Å². The number of ether oxygens (including phenoxy) is 1. The molecule has 0 unspecified atom stereocenters. The molecule has 1 fully saturated rings. The van der Waals surface area contributed by atoms with Crippen molar-refractivity contribution in [1.29, 1.82) is 0 Å². The van der Waals surface area contributed by atoms with Gasteiger partial charge in [-0.25, -0.2) is 9.97 Å². The molecule has 128 valence electrons. The van der Waals surface area contributed by atoms with Crippen molar-refractivity contribution in [3.8, 4) is 0 Å². The van der Waals surface area contributed by atoms with Crippen molar-refractivity contribution in [3.63, 3.8) is 0 Å². The molecule has 5 nitrogen and oxygen atoms in total. The molecule has 1 aliphatic heterocycles. The number of hydrogen-bond acceptors (Lipinski definition) is 6. The van der Waals surface area contributed by atoms with E-state index in [1.54, 1.807) is 6.33 Å². The van der Waals surface area contributed by atoms with E-state index < -0.39 is 0 Å². The molecule has 0 radical (unpaired) electrons. The molecule has 4 rings (SSSR count). The molecule has 0 spiro atoms. The first kappa shape index (κ1) is 15.8. The van der Waals surface area contributed by atoms with Crippen molar-refractivity contribution in [2.24, 2.45) is 5.92 Å². The molecule has 0 amide bonds. The lowest BCUT2D eigenvalue weighted by molar-refractivity contribution is -0.148. The maximum atomic E-state index is 12.1. The Kier molecular flexibility index (Phi) is 4.39. The maximum absolute atomic E-state index is 12.1. The van der Waals surface area contributed by atoms with E-state index in [1.807, 2.05) is 18.3 Å². The van der Waals surface area contributed by atoms with Crippen LogP contribution in [0.4, 0.5) is 5.82 Å². The van der Waals surface area contributed by atoms with Crippen molar-refractivity contribution >= 4 is 33.3 Å². The molecule has 0 N–H and O–H groups in total. The highest BCUT2D eigenvalue weighted by molar-refractivity contribution is 7.19. The smallest absolute Gasteiger partial charge is 0.310 e. The van der Waals surface area contributed by atoms with Crippen LogP contribution in [0.2, 0.25) is 0 Å². The molecule has 24 heavy (non-hydrogen) atoms. The summed E-state index contributed by atoms with van der Waals surface area (Å²) in [6, 6.07) is 0. The number of hydrogen-bond donors (Lipinski definition) is 0. The van der Waals surface area contributed by atoms with Gasteiger partial charge in [-0.15, -0.1) is 11.3 Å². The molecule has 0 aromatic carbocycles. The van der Waals surface area contributed by atoms with Gasteiger partial charge in [-0.1, -0.05) is 0 Å². The van der Waals surface area contributed by atoms with E-state index in [4.69, 9.17) is 4.74 Å². The van der Waals surface area contributed by atoms with Gasteiger partial charge in [-0.2, -0.15) is 0 Å². The standard InChI is InChI=1S/C18H23N3O2S/c1-2-23-18(22)12-6-5-9-21(10-12)16-15-13-7-3-4-8-14(13)24-17(15)20-11-19-16/h11-12H,2-10H2,1H3/t12-/m0/s1. The number of thiophene rings is 1. The molecule has 6 heteroatoms. The van der Waals surface area contributed by atoms with Crippen LogP contribution >= 0.6 is 11.3 Å². The van der Waals surface area contributed by atoms with Crippen LogP contribution in [0.3, 0.4) is 0 Å². The largest absolute Gasteiger partial charge is 0.466 e. The van der Waals surface area contributed by atoms with E-state index in [-0.39, 0.29) is 11.9 Å². The number of nitrogens with zero attached hydrogens (tertiary/aromatic N) is 3. The van der Waals surface area contributed by atoms with Crippen molar-refractivity contribution in [1.82, 2.24) is 9.97 Å². The minimum atomic E-state index is -0.0696. The lowest BCUT2D eigenvalue weighted by Crippen LogP contribution is -2.40. The summed E-state index contributed by atoms with van der Waals surface area (Å²) in [5, 5.41) is 1.24. The Morgan fingerprint density at radius 3 is 3.08 bits per heavy atom.